The van der Waals surface area contributed by atoms with E-state index in [0.717, 1.165) is 30.8 Å². The smallest absolute Gasteiger partial charge is 0.407 e. The number of aryl methyl sites for hydroxylation is 1. The lowest BCUT2D eigenvalue weighted by Gasteiger charge is -2.37. The molecule has 0 aromatic carbocycles. The zero-order valence-electron chi connectivity index (χ0n) is 13.4. The first kappa shape index (κ1) is 16.4. The molecule has 0 bridgehead atoms. The molecule has 1 fully saturated rings. The minimum atomic E-state index is -0.596. The molecule has 6 nitrogen and oxygen atoms in total. The quantitative estimate of drug-likeness (QED) is 0.927. The number of nitrogens with zero attached hydrogens (tertiary/aromatic N) is 1. The van der Waals surface area contributed by atoms with E-state index < -0.39 is 6.09 Å². The van der Waals surface area contributed by atoms with E-state index in [1.807, 2.05) is 19.1 Å². The van der Waals surface area contributed by atoms with Gasteiger partial charge in [0.25, 0.3) is 0 Å². The van der Waals surface area contributed by atoms with Gasteiger partial charge in [-0.2, -0.15) is 0 Å². The highest BCUT2D eigenvalue weighted by molar-refractivity contribution is 5.82. The van der Waals surface area contributed by atoms with Gasteiger partial charge in [-0.1, -0.05) is 13.8 Å². The fourth-order valence-corrected chi connectivity index (χ4v) is 2.79. The highest BCUT2D eigenvalue weighted by Crippen LogP contribution is 2.34. The van der Waals surface area contributed by atoms with Gasteiger partial charge in [0.1, 0.15) is 18.1 Å². The van der Waals surface area contributed by atoms with Crippen molar-refractivity contribution >= 4 is 12.0 Å². The molecule has 0 radical (unpaired) electrons. The van der Waals surface area contributed by atoms with Gasteiger partial charge in [-0.25, -0.2) is 4.79 Å². The van der Waals surface area contributed by atoms with Crippen molar-refractivity contribution in [2.45, 2.75) is 39.2 Å². The molecule has 2 amide bonds. The first-order valence-corrected chi connectivity index (χ1v) is 7.75. The van der Waals surface area contributed by atoms with Gasteiger partial charge in [-0.05, 0) is 30.9 Å². The van der Waals surface area contributed by atoms with E-state index in [1.54, 1.807) is 4.90 Å². The summed E-state index contributed by atoms with van der Waals surface area (Å²) in [6, 6.07) is 3.86. The number of hydrogen-bond acceptors (Lipinski definition) is 4. The molecule has 0 aliphatic carbocycles. The van der Waals surface area contributed by atoms with Gasteiger partial charge < -0.3 is 19.4 Å². The molecular weight excluding hydrogens is 284 g/mol. The summed E-state index contributed by atoms with van der Waals surface area (Å²) in [6.07, 6.45) is 2.07. The zero-order chi connectivity index (χ0) is 16.1. The molecule has 122 valence electrons. The Bertz CT molecular complexity index is 526. The van der Waals surface area contributed by atoms with Crippen LogP contribution in [0.1, 0.15) is 44.3 Å². The number of nitrogens with one attached hydrogen (secondary N) is 1. The third-order valence-electron chi connectivity index (χ3n) is 4.11. The number of hydrogen-bond donors (Lipinski definition) is 1. The van der Waals surface area contributed by atoms with Gasteiger partial charge in [0.15, 0.2) is 0 Å². The molecule has 0 spiro atoms. The van der Waals surface area contributed by atoms with Crippen LogP contribution in [0.25, 0.3) is 0 Å². The van der Waals surface area contributed by atoms with E-state index in [4.69, 9.17) is 4.42 Å². The summed E-state index contributed by atoms with van der Waals surface area (Å²) < 4.78 is 10.3. The normalized spacial score (nSPS) is 21.5. The summed E-state index contributed by atoms with van der Waals surface area (Å²) in [6.45, 7) is 4.84. The standard InChI is InChI=1S/C16H24N2O4/c1-4-12-5-6-14(22-12)13-9-11(2)7-8-18(13)15(19)10-17-16(20)21-3/h5-6,11,13H,4,7-10H2,1-3H3,(H,17,20)/t11-,13+/m1/s1. The molecule has 1 saturated heterocycles. The zero-order valence-corrected chi connectivity index (χ0v) is 13.4. The van der Waals surface area contributed by atoms with E-state index >= 15 is 0 Å². The van der Waals surface area contributed by atoms with Crippen molar-refractivity contribution < 1.29 is 18.7 Å². The summed E-state index contributed by atoms with van der Waals surface area (Å²) >= 11 is 0. The third kappa shape index (κ3) is 3.81. The SMILES string of the molecule is CCc1ccc([C@@H]2C[C@H](C)CCN2C(=O)CNC(=O)OC)o1. The molecule has 1 aliphatic heterocycles. The van der Waals surface area contributed by atoms with Crippen LogP contribution in [0.5, 0.6) is 0 Å². The Labute approximate surface area is 130 Å². The number of ether oxygens (including phenoxy) is 1. The number of carbonyl (C=O) groups is 2. The van der Waals surface area contributed by atoms with Crippen LogP contribution in [0.2, 0.25) is 0 Å². The number of rotatable bonds is 4. The summed E-state index contributed by atoms with van der Waals surface area (Å²) in [4.78, 5) is 25.3. The lowest BCUT2D eigenvalue weighted by Crippen LogP contribution is -2.45. The predicted octanol–water partition coefficient (Wildman–Crippen LogP) is 2.50. The topological polar surface area (TPSA) is 71.8 Å². The second kappa shape index (κ2) is 7.33. The molecular formula is C16H24N2O4. The highest BCUT2D eigenvalue weighted by Gasteiger charge is 2.32. The van der Waals surface area contributed by atoms with Crippen molar-refractivity contribution in [3.8, 4) is 0 Å². The Morgan fingerprint density at radius 2 is 2.23 bits per heavy atom. The molecule has 22 heavy (non-hydrogen) atoms. The lowest BCUT2D eigenvalue weighted by molar-refractivity contribution is -0.135. The maximum atomic E-state index is 12.4. The molecule has 2 heterocycles. The maximum Gasteiger partial charge on any atom is 0.407 e. The van der Waals surface area contributed by atoms with Crippen molar-refractivity contribution in [2.24, 2.45) is 5.92 Å². The Balaban J connectivity index is 2.09. The molecule has 1 aromatic rings. The molecule has 2 rings (SSSR count). The van der Waals surface area contributed by atoms with E-state index in [1.165, 1.54) is 7.11 Å². The largest absolute Gasteiger partial charge is 0.464 e. The number of piperidine rings is 1. The van der Waals surface area contributed by atoms with Crippen LogP contribution in [0.3, 0.4) is 0 Å². The monoisotopic (exact) mass is 308 g/mol. The number of amides is 2. The maximum absolute atomic E-state index is 12.4. The van der Waals surface area contributed by atoms with Crippen molar-refractivity contribution in [3.05, 3.63) is 23.7 Å². The fraction of sp³-hybridized carbons (Fsp3) is 0.625. The minimum Gasteiger partial charge on any atom is -0.464 e. The van der Waals surface area contributed by atoms with Crippen molar-refractivity contribution in [1.29, 1.82) is 0 Å². The number of likely N-dealkylation sites (tertiary alicyclic amines) is 1. The Morgan fingerprint density at radius 1 is 1.45 bits per heavy atom. The molecule has 1 aromatic heterocycles. The Morgan fingerprint density at radius 3 is 2.86 bits per heavy atom. The van der Waals surface area contributed by atoms with E-state index in [2.05, 4.69) is 17.0 Å². The number of carbonyl (C=O) groups excluding carboxylic acids is 2. The van der Waals surface area contributed by atoms with Gasteiger partial charge in [0.2, 0.25) is 5.91 Å². The number of furan rings is 1. The van der Waals surface area contributed by atoms with Crippen LogP contribution >= 0.6 is 0 Å². The summed E-state index contributed by atoms with van der Waals surface area (Å²) in [5.74, 6) is 2.18. The Kier molecular flexibility index (Phi) is 5.46. The van der Waals surface area contributed by atoms with Crippen LogP contribution < -0.4 is 5.32 Å². The second-order valence-corrected chi connectivity index (χ2v) is 5.74. The van der Waals surface area contributed by atoms with Gasteiger partial charge in [-0.3, -0.25) is 4.79 Å². The van der Waals surface area contributed by atoms with Crippen molar-refractivity contribution in [1.82, 2.24) is 10.2 Å². The van der Waals surface area contributed by atoms with Crippen LogP contribution in [0.15, 0.2) is 16.5 Å². The average Bonchev–Trinajstić information content (AvgIpc) is 3.01. The van der Waals surface area contributed by atoms with Gasteiger partial charge >= 0.3 is 6.09 Å². The van der Waals surface area contributed by atoms with Gasteiger partial charge in [0.05, 0.1) is 13.2 Å². The van der Waals surface area contributed by atoms with Crippen LogP contribution in [0, 0.1) is 5.92 Å². The fourth-order valence-electron chi connectivity index (χ4n) is 2.79. The highest BCUT2D eigenvalue weighted by atomic mass is 16.5. The third-order valence-corrected chi connectivity index (χ3v) is 4.11. The first-order valence-electron chi connectivity index (χ1n) is 7.75. The lowest BCUT2D eigenvalue weighted by atomic mass is 9.91. The number of alkyl carbamates (subject to hydrolysis) is 1. The van der Waals surface area contributed by atoms with Crippen LogP contribution in [0.4, 0.5) is 4.79 Å². The molecule has 6 heteroatoms. The molecule has 1 aliphatic rings. The Hall–Kier alpha value is -1.98. The van der Waals surface area contributed by atoms with Crippen molar-refractivity contribution in [2.75, 3.05) is 20.2 Å². The summed E-state index contributed by atoms with van der Waals surface area (Å²) in [5, 5.41) is 2.45. The van der Waals surface area contributed by atoms with Gasteiger partial charge in [-0.15, -0.1) is 0 Å². The summed E-state index contributed by atoms with van der Waals surface area (Å²) in [5.41, 5.74) is 0. The second-order valence-electron chi connectivity index (χ2n) is 5.74. The minimum absolute atomic E-state index is 0.0566. The first-order chi connectivity index (χ1) is 10.5. The van der Waals surface area contributed by atoms with E-state index in [0.29, 0.717) is 12.5 Å². The van der Waals surface area contributed by atoms with Gasteiger partial charge in [0, 0.05) is 13.0 Å². The van der Waals surface area contributed by atoms with E-state index in [9.17, 15) is 9.59 Å². The van der Waals surface area contributed by atoms with E-state index in [-0.39, 0.29) is 18.5 Å². The van der Waals surface area contributed by atoms with Crippen molar-refractivity contribution in [3.63, 3.8) is 0 Å². The molecule has 1 N–H and O–H groups in total. The van der Waals surface area contributed by atoms with Crippen LogP contribution in [-0.2, 0) is 16.0 Å². The summed E-state index contributed by atoms with van der Waals surface area (Å²) in [7, 11) is 1.28. The predicted molar refractivity (Wildman–Crippen MR) is 81.3 cm³/mol. The molecule has 0 unspecified atom stereocenters. The number of methoxy groups -OCH3 is 1. The molecule has 2 atom stereocenters. The average molecular weight is 308 g/mol. The van der Waals surface area contributed by atoms with Crippen LogP contribution in [-0.4, -0.2) is 37.1 Å². The molecule has 0 saturated carbocycles.